The Morgan fingerprint density at radius 1 is 1.22 bits per heavy atom. The molecule has 0 aliphatic carbocycles. The number of carboxylic acids is 1. The van der Waals surface area contributed by atoms with Gasteiger partial charge in [0, 0.05) is 41.4 Å². The molecule has 6 heteroatoms. The van der Waals surface area contributed by atoms with E-state index in [1.54, 1.807) is 19.1 Å². The molecule has 0 amide bonds. The van der Waals surface area contributed by atoms with E-state index in [2.05, 4.69) is 6.92 Å². The number of hydrogen-bond donors (Lipinski definition) is 2. The van der Waals surface area contributed by atoms with Crippen LogP contribution in [0.25, 0.3) is 10.9 Å². The molecule has 1 aromatic carbocycles. The smallest absolute Gasteiger partial charge is 0.303 e. The number of aliphatic carboxylic acids is 1. The summed E-state index contributed by atoms with van der Waals surface area (Å²) in [5.41, 5.74) is 1.89. The molecule has 27 heavy (non-hydrogen) atoms. The number of unbranched alkanes of at least 4 members (excludes halogenated alkanes) is 2. The minimum Gasteiger partial charge on any atom is -0.481 e. The third kappa shape index (κ3) is 5.11. The standard InChI is InChI=1S/C21H28ClNO4/c1-4-5-6-7-17(24)21-20(18(25)10-13(2)11-19(26)27)15-12-14(22)8-9-16(15)23(21)3/h8-9,12-13,17,24H,4-7,10-11H2,1-3H3,(H,26,27). The normalized spacial score (nSPS) is 13.7. The Balaban J connectivity index is 2.47. The lowest BCUT2D eigenvalue weighted by Crippen LogP contribution is -2.14. The van der Waals surface area contributed by atoms with Gasteiger partial charge in [-0.05, 0) is 30.5 Å². The molecular formula is C21H28ClNO4. The second-order valence-corrected chi connectivity index (χ2v) is 7.76. The van der Waals surface area contributed by atoms with Crippen LogP contribution in [-0.4, -0.2) is 26.5 Å². The molecule has 2 atom stereocenters. The number of aliphatic hydroxyl groups excluding tert-OH is 1. The number of hydrogen-bond acceptors (Lipinski definition) is 3. The van der Waals surface area contributed by atoms with Crippen LogP contribution < -0.4 is 0 Å². The first-order chi connectivity index (χ1) is 12.8. The fourth-order valence-electron chi connectivity index (χ4n) is 3.63. The van der Waals surface area contributed by atoms with Crippen LogP contribution in [0.15, 0.2) is 18.2 Å². The molecule has 0 aliphatic rings. The molecule has 2 unspecified atom stereocenters. The molecule has 0 bridgehead atoms. The van der Waals surface area contributed by atoms with Crippen molar-refractivity contribution in [2.24, 2.45) is 13.0 Å². The fraction of sp³-hybridized carbons (Fsp3) is 0.524. The molecule has 0 saturated heterocycles. The number of aryl methyl sites for hydroxylation is 1. The van der Waals surface area contributed by atoms with Gasteiger partial charge in [0.05, 0.1) is 11.8 Å². The van der Waals surface area contributed by atoms with Crippen molar-refractivity contribution in [1.29, 1.82) is 0 Å². The lowest BCUT2D eigenvalue weighted by molar-refractivity contribution is -0.137. The predicted octanol–water partition coefficient (Wildman–Crippen LogP) is 5.13. The van der Waals surface area contributed by atoms with E-state index in [1.165, 1.54) is 0 Å². The Kier molecular flexibility index (Phi) is 7.45. The third-order valence-corrected chi connectivity index (χ3v) is 5.17. The molecule has 2 aromatic rings. The minimum atomic E-state index is -0.920. The van der Waals surface area contributed by atoms with Crippen LogP contribution in [0, 0.1) is 5.92 Å². The number of carbonyl (C=O) groups is 2. The van der Waals surface area contributed by atoms with Gasteiger partial charge in [0.2, 0.25) is 0 Å². The largest absolute Gasteiger partial charge is 0.481 e. The quantitative estimate of drug-likeness (QED) is 0.433. The predicted molar refractivity (Wildman–Crippen MR) is 107 cm³/mol. The molecule has 5 nitrogen and oxygen atoms in total. The number of halogens is 1. The highest BCUT2D eigenvalue weighted by Gasteiger charge is 2.27. The Morgan fingerprint density at radius 3 is 2.56 bits per heavy atom. The molecule has 0 fully saturated rings. The summed E-state index contributed by atoms with van der Waals surface area (Å²) in [5, 5.41) is 21.0. The van der Waals surface area contributed by atoms with Crippen LogP contribution >= 0.6 is 11.6 Å². The zero-order chi connectivity index (χ0) is 20.1. The highest BCUT2D eigenvalue weighted by molar-refractivity contribution is 6.31. The van der Waals surface area contributed by atoms with E-state index in [0.29, 0.717) is 28.1 Å². The number of rotatable bonds is 10. The number of aliphatic hydroxyl groups is 1. The summed E-state index contributed by atoms with van der Waals surface area (Å²) in [6.07, 6.45) is 2.83. The molecule has 2 rings (SSSR count). The number of benzene rings is 1. The summed E-state index contributed by atoms with van der Waals surface area (Å²) < 4.78 is 1.86. The van der Waals surface area contributed by atoms with Crippen molar-refractivity contribution in [3.63, 3.8) is 0 Å². The zero-order valence-electron chi connectivity index (χ0n) is 16.2. The number of aromatic nitrogens is 1. The Bertz CT molecular complexity index is 827. The van der Waals surface area contributed by atoms with Gasteiger partial charge in [-0.3, -0.25) is 9.59 Å². The maximum atomic E-state index is 13.1. The monoisotopic (exact) mass is 393 g/mol. The first-order valence-electron chi connectivity index (χ1n) is 9.47. The van der Waals surface area contributed by atoms with Crippen LogP contribution in [0.3, 0.4) is 0 Å². The molecular weight excluding hydrogens is 366 g/mol. The van der Waals surface area contributed by atoms with Gasteiger partial charge >= 0.3 is 5.97 Å². The van der Waals surface area contributed by atoms with Gasteiger partial charge in [-0.25, -0.2) is 0 Å². The topological polar surface area (TPSA) is 79.5 Å². The van der Waals surface area contributed by atoms with Crippen molar-refractivity contribution in [1.82, 2.24) is 4.57 Å². The van der Waals surface area contributed by atoms with E-state index in [-0.39, 0.29) is 24.5 Å². The first-order valence-corrected chi connectivity index (χ1v) is 9.84. The summed E-state index contributed by atoms with van der Waals surface area (Å²) >= 11 is 6.15. The Labute approximate surface area is 164 Å². The number of carbonyl (C=O) groups excluding carboxylic acids is 1. The van der Waals surface area contributed by atoms with Gasteiger partial charge in [-0.1, -0.05) is 44.7 Å². The van der Waals surface area contributed by atoms with Crippen molar-refractivity contribution >= 4 is 34.3 Å². The third-order valence-electron chi connectivity index (χ3n) is 4.94. The van der Waals surface area contributed by atoms with Crippen LogP contribution in [0.1, 0.15) is 74.5 Å². The molecule has 148 valence electrons. The van der Waals surface area contributed by atoms with E-state index in [4.69, 9.17) is 16.7 Å². The van der Waals surface area contributed by atoms with Crippen LogP contribution in [0.2, 0.25) is 5.02 Å². The van der Waals surface area contributed by atoms with E-state index >= 15 is 0 Å². The number of carboxylic acid groups (broad SMARTS) is 1. The second kappa shape index (κ2) is 9.38. The van der Waals surface area contributed by atoms with Gasteiger partial charge in [-0.15, -0.1) is 0 Å². The van der Waals surface area contributed by atoms with Crippen molar-refractivity contribution in [3.05, 3.63) is 34.5 Å². The number of Topliss-reactive ketones (excluding diaryl/α,β-unsaturated/α-hetero) is 1. The molecule has 0 aliphatic heterocycles. The van der Waals surface area contributed by atoms with E-state index in [1.807, 2.05) is 17.7 Å². The van der Waals surface area contributed by atoms with E-state index in [0.717, 1.165) is 24.8 Å². The summed E-state index contributed by atoms with van der Waals surface area (Å²) in [6, 6.07) is 5.35. The lowest BCUT2D eigenvalue weighted by atomic mass is 9.93. The summed E-state index contributed by atoms with van der Waals surface area (Å²) in [6.45, 7) is 3.85. The Morgan fingerprint density at radius 2 is 1.93 bits per heavy atom. The maximum absolute atomic E-state index is 13.1. The van der Waals surface area contributed by atoms with E-state index < -0.39 is 12.1 Å². The summed E-state index contributed by atoms with van der Waals surface area (Å²) in [5.74, 6) is -1.35. The summed E-state index contributed by atoms with van der Waals surface area (Å²) in [7, 11) is 1.84. The van der Waals surface area contributed by atoms with Crippen molar-refractivity contribution in [2.45, 2.75) is 58.5 Å². The second-order valence-electron chi connectivity index (χ2n) is 7.32. The summed E-state index contributed by atoms with van der Waals surface area (Å²) in [4.78, 5) is 24.0. The average molecular weight is 394 g/mol. The van der Waals surface area contributed by atoms with Gasteiger partial charge in [0.25, 0.3) is 0 Å². The lowest BCUT2D eigenvalue weighted by Gasteiger charge is -2.15. The van der Waals surface area contributed by atoms with Gasteiger partial charge in [-0.2, -0.15) is 0 Å². The molecule has 2 N–H and O–H groups in total. The molecule has 0 radical (unpaired) electrons. The van der Waals surface area contributed by atoms with Crippen LogP contribution in [0.5, 0.6) is 0 Å². The SMILES string of the molecule is CCCCCC(O)c1c(C(=O)CC(C)CC(=O)O)c2cc(Cl)ccc2n1C. The maximum Gasteiger partial charge on any atom is 0.303 e. The number of fused-ring (bicyclic) bond motifs is 1. The molecule has 0 saturated carbocycles. The first kappa shape index (κ1) is 21.5. The van der Waals surface area contributed by atoms with Crippen molar-refractivity contribution < 1.29 is 19.8 Å². The fourth-order valence-corrected chi connectivity index (χ4v) is 3.80. The van der Waals surface area contributed by atoms with Gasteiger partial charge < -0.3 is 14.8 Å². The average Bonchev–Trinajstić information content (AvgIpc) is 2.86. The zero-order valence-corrected chi connectivity index (χ0v) is 16.9. The number of nitrogens with zero attached hydrogens (tertiary/aromatic N) is 1. The van der Waals surface area contributed by atoms with Crippen LogP contribution in [-0.2, 0) is 11.8 Å². The Hall–Kier alpha value is -1.85. The molecule has 1 heterocycles. The van der Waals surface area contributed by atoms with Gasteiger partial charge in [0.15, 0.2) is 5.78 Å². The number of ketones is 1. The minimum absolute atomic E-state index is 0.0638. The molecule has 0 spiro atoms. The van der Waals surface area contributed by atoms with Crippen molar-refractivity contribution in [2.75, 3.05) is 0 Å². The van der Waals surface area contributed by atoms with E-state index in [9.17, 15) is 14.7 Å². The highest BCUT2D eigenvalue weighted by atomic mass is 35.5. The van der Waals surface area contributed by atoms with Crippen molar-refractivity contribution in [3.8, 4) is 0 Å². The van der Waals surface area contributed by atoms with Gasteiger partial charge in [0.1, 0.15) is 0 Å². The van der Waals surface area contributed by atoms with Crippen LogP contribution in [0.4, 0.5) is 0 Å². The molecule has 1 aromatic heterocycles. The highest BCUT2D eigenvalue weighted by Crippen LogP contribution is 2.35.